The number of amides is 3. The van der Waals surface area contributed by atoms with E-state index in [2.05, 4.69) is 16.0 Å². The average molecular weight is 582 g/mol. The van der Waals surface area contributed by atoms with Crippen LogP contribution in [0.15, 0.2) is 35.2 Å². The summed E-state index contributed by atoms with van der Waals surface area (Å²) < 4.78 is 39.4. The van der Waals surface area contributed by atoms with Crippen LogP contribution in [0.3, 0.4) is 0 Å². The number of carbonyl (C=O) groups excluding carboxylic acids is 3. The summed E-state index contributed by atoms with van der Waals surface area (Å²) in [4.78, 5) is 38.6. The molecule has 0 radical (unpaired) electrons. The Morgan fingerprint density at radius 2 is 1.87 bits per heavy atom. The second kappa shape index (κ2) is 15.4. The minimum Gasteiger partial charge on any atom is -0.746 e. The van der Waals surface area contributed by atoms with E-state index in [9.17, 15) is 32.5 Å². The van der Waals surface area contributed by atoms with E-state index >= 15 is 0 Å². The number of aliphatic hydroxyl groups is 1. The Morgan fingerprint density at radius 3 is 2.39 bits per heavy atom. The van der Waals surface area contributed by atoms with Gasteiger partial charge in [-0.15, -0.1) is 11.8 Å². The van der Waals surface area contributed by atoms with Crippen molar-refractivity contribution in [3.05, 3.63) is 30.3 Å². The normalized spacial score (nSPS) is 18.1. The van der Waals surface area contributed by atoms with Crippen molar-refractivity contribution in [3.8, 4) is 0 Å². The SMILES string of the molecule is CC(C)C[C@H](NC(=O)OCC(C)(C)Sc1ccccc1)C(=O)N[C@@H](C[C@@H]1CCNC1=O)C(O)S(=O)(=O)[O-].[Na+]. The number of nitrogens with one attached hydrogen (secondary N) is 3. The van der Waals surface area contributed by atoms with Gasteiger partial charge in [0, 0.05) is 22.1 Å². The summed E-state index contributed by atoms with van der Waals surface area (Å²) >= 11 is 1.52. The molecule has 4 atom stereocenters. The molecule has 0 aliphatic carbocycles. The summed E-state index contributed by atoms with van der Waals surface area (Å²) in [5.74, 6) is -1.87. The molecule has 208 valence electrons. The van der Waals surface area contributed by atoms with Crippen molar-refractivity contribution in [2.75, 3.05) is 13.2 Å². The molecule has 1 aliphatic rings. The molecule has 1 saturated heterocycles. The number of benzene rings is 1. The molecule has 3 amide bonds. The summed E-state index contributed by atoms with van der Waals surface area (Å²) in [5, 5.41) is 17.6. The Bertz CT molecular complexity index is 1040. The fraction of sp³-hybridized carbons (Fsp3) is 0.625. The van der Waals surface area contributed by atoms with Crippen LogP contribution in [-0.4, -0.2) is 71.4 Å². The van der Waals surface area contributed by atoms with Gasteiger partial charge in [-0.1, -0.05) is 32.0 Å². The smallest absolute Gasteiger partial charge is 0.746 e. The fourth-order valence-electron chi connectivity index (χ4n) is 3.87. The maximum absolute atomic E-state index is 13.1. The number of aliphatic hydroxyl groups excluding tert-OH is 1. The first-order valence-electron chi connectivity index (χ1n) is 12.1. The Kier molecular flexibility index (Phi) is 14.1. The third-order valence-corrected chi connectivity index (χ3v) is 7.77. The van der Waals surface area contributed by atoms with Crippen LogP contribution in [0, 0.1) is 11.8 Å². The molecule has 1 aromatic carbocycles. The number of hydrogen-bond donors (Lipinski definition) is 4. The maximum Gasteiger partial charge on any atom is 1.00 e. The predicted molar refractivity (Wildman–Crippen MR) is 137 cm³/mol. The number of carbonyl (C=O) groups is 3. The van der Waals surface area contributed by atoms with Crippen molar-refractivity contribution in [2.45, 2.75) is 74.1 Å². The van der Waals surface area contributed by atoms with Gasteiger partial charge in [-0.2, -0.15) is 0 Å². The van der Waals surface area contributed by atoms with E-state index in [0.717, 1.165) is 4.90 Å². The van der Waals surface area contributed by atoms with Crippen molar-refractivity contribution in [3.63, 3.8) is 0 Å². The number of ether oxygens (including phenoxy) is 1. The van der Waals surface area contributed by atoms with Gasteiger partial charge in [0.1, 0.15) is 22.8 Å². The minimum atomic E-state index is -5.18. The number of thioether (sulfide) groups is 1. The van der Waals surface area contributed by atoms with Crippen LogP contribution >= 0.6 is 11.8 Å². The fourth-order valence-corrected chi connectivity index (χ4v) is 5.50. The zero-order chi connectivity index (χ0) is 27.8. The monoisotopic (exact) mass is 581 g/mol. The predicted octanol–water partition coefficient (Wildman–Crippen LogP) is -1.42. The van der Waals surface area contributed by atoms with Gasteiger partial charge in [-0.05, 0) is 51.2 Å². The second-order valence-electron chi connectivity index (χ2n) is 10.1. The summed E-state index contributed by atoms with van der Waals surface area (Å²) in [5.41, 5.74) is -2.45. The van der Waals surface area contributed by atoms with Gasteiger partial charge in [-0.3, -0.25) is 9.59 Å². The van der Waals surface area contributed by atoms with Crippen LogP contribution in [0.25, 0.3) is 0 Å². The van der Waals surface area contributed by atoms with E-state index in [4.69, 9.17) is 4.74 Å². The van der Waals surface area contributed by atoms with Gasteiger partial charge in [0.25, 0.3) is 0 Å². The zero-order valence-electron chi connectivity index (χ0n) is 22.4. The van der Waals surface area contributed by atoms with Crippen molar-refractivity contribution < 1.29 is 66.8 Å². The van der Waals surface area contributed by atoms with E-state index in [1.54, 1.807) is 0 Å². The number of hydrogen-bond acceptors (Lipinski definition) is 9. The van der Waals surface area contributed by atoms with Crippen LogP contribution in [0.2, 0.25) is 0 Å². The molecule has 1 aromatic rings. The van der Waals surface area contributed by atoms with Crippen molar-refractivity contribution in [1.29, 1.82) is 0 Å². The van der Waals surface area contributed by atoms with E-state index in [1.165, 1.54) is 11.8 Å². The Hall–Kier alpha value is -1.35. The second-order valence-corrected chi connectivity index (χ2v) is 13.3. The van der Waals surface area contributed by atoms with E-state index < -0.39 is 50.3 Å². The molecule has 1 fully saturated rings. The maximum atomic E-state index is 13.1. The molecule has 2 rings (SSSR count). The van der Waals surface area contributed by atoms with E-state index in [0.29, 0.717) is 13.0 Å². The molecular weight excluding hydrogens is 545 g/mol. The van der Waals surface area contributed by atoms with Crippen LogP contribution in [0.4, 0.5) is 4.79 Å². The molecule has 11 nitrogen and oxygen atoms in total. The molecule has 0 spiro atoms. The molecule has 1 heterocycles. The quantitative estimate of drug-likeness (QED) is 0.124. The van der Waals surface area contributed by atoms with Crippen molar-refractivity contribution in [1.82, 2.24) is 16.0 Å². The molecule has 0 saturated carbocycles. The van der Waals surface area contributed by atoms with Gasteiger partial charge >= 0.3 is 35.7 Å². The Morgan fingerprint density at radius 1 is 1.24 bits per heavy atom. The minimum absolute atomic E-state index is 0. The summed E-state index contributed by atoms with van der Waals surface area (Å²) in [7, 11) is -5.18. The van der Waals surface area contributed by atoms with Crippen LogP contribution in [0.1, 0.15) is 47.0 Å². The topological polar surface area (TPSA) is 174 Å². The van der Waals surface area contributed by atoms with Crippen molar-refractivity contribution in [2.24, 2.45) is 11.8 Å². The molecule has 0 aromatic heterocycles. The zero-order valence-corrected chi connectivity index (χ0v) is 26.1. The molecule has 1 unspecified atom stereocenters. The third kappa shape index (κ3) is 11.8. The van der Waals surface area contributed by atoms with Gasteiger partial charge < -0.3 is 30.3 Å². The Balaban J connectivity index is 0.00000722. The van der Waals surface area contributed by atoms with E-state index in [1.807, 2.05) is 58.0 Å². The van der Waals surface area contributed by atoms with Crippen LogP contribution < -0.4 is 45.5 Å². The summed E-state index contributed by atoms with van der Waals surface area (Å²) in [6.45, 7) is 7.87. The molecule has 1 aliphatic heterocycles. The van der Waals surface area contributed by atoms with Crippen LogP contribution in [0.5, 0.6) is 0 Å². The standard InChI is InChI=1S/C24H37N3O8S2.Na/c1-15(2)12-18(27-23(31)35-14-24(3,4)36-17-8-6-5-7-9-17)21(29)26-19(22(30)37(32,33)34)13-16-10-11-25-20(16)28;/h5-9,15-16,18-19,22,30H,10-14H2,1-4H3,(H,25,28)(H,26,29)(H,27,31)(H,32,33,34);/q;+1/p-1/t16-,18-,19-,22?;/m0./s1. The molecule has 0 bridgehead atoms. The average Bonchev–Trinajstić information content (AvgIpc) is 3.20. The van der Waals surface area contributed by atoms with Gasteiger partial charge in [0.05, 0.1) is 6.04 Å². The largest absolute Gasteiger partial charge is 1.00 e. The van der Waals surface area contributed by atoms with Gasteiger partial charge in [0.15, 0.2) is 5.44 Å². The Labute approximate surface area is 250 Å². The van der Waals surface area contributed by atoms with Crippen LogP contribution in [-0.2, 0) is 24.4 Å². The summed E-state index contributed by atoms with van der Waals surface area (Å²) in [6.07, 6.45) is -0.538. The summed E-state index contributed by atoms with van der Waals surface area (Å²) in [6, 6.07) is 6.94. The first-order valence-corrected chi connectivity index (χ1v) is 14.3. The van der Waals surface area contributed by atoms with Gasteiger partial charge in [-0.25, -0.2) is 13.2 Å². The van der Waals surface area contributed by atoms with E-state index in [-0.39, 0.29) is 60.8 Å². The third-order valence-electron chi connectivity index (χ3n) is 5.67. The molecular formula is C24H36N3NaO8S2. The molecule has 38 heavy (non-hydrogen) atoms. The number of rotatable bonds is 13. The first-order chi connectivity index (χ1) is 17.2. The number of alkyl carbamates (subject to hydrolysis) is 1. The molecule has 4 N–H and O–H groups in total. The molecule has 14 heteroatoms. The van der Waals surface area contributed by atoms with Gasteiger partial charge in [0.2, 0.25) is 11.8 Å². The van der Waals surface area contributed by atoms with Crippen molar-refractivity contribution >= 4 is 39.8 Å². The first kappa shape index (κ1) is 34.7.